The Kier molecular flexibility index (Phi) is 3.28. The highest BCUT2D eigenvalue weighted by Gasteiger charge is 2.21. The molecule has 0 spiro atoms. The molecule has 0 saturated carbocycles. The van der Waals surface area contributed by atoms with Crippen LogP contribution in [-0.2, 0) is 13.6 Å². The number of imidazole rings is 1. The first kappa shape index (κ1) is 12.5. The summed E-state index contributed by atoms with van der Waals surface area (Å²) in [5.41, 5.74) is 0.941. The van der Waals surface area contributed by atoms with E-state index in [1.807, 2.05) is 47.0 Å². The van der Waals surface area contributed by atoms with Crippen LogP contribution in [0.15, 0.2) is 47.6 Å². The second kappa shape index (κ2) is 5.24. The molecule has 0 aliphatic carbocycles. The highest BCUT2D eigenvalue weighted by Crippen LogP contribution is 2.25. The van der Waals surface area contributed by atoms with Gasteiger partial charge in [0, 0.05) is 32.2 Å². The van der Waals surface area contributed by atoms with E-state index < -0.39 is 0 Å². The SMILES string of the molecule is CCn1cc(NC(c2ccco2)c2nccn2C)cn1. The maximum atomic E-state index is 5.54. The van der Waals surface area contributed by atoms with Crippen LogP contribution < -0.4 is 5.32 Å². The summed E-state index contributed by atoms with van der Waals surface area (Å²) in [5.74, 6) is 1.72. The summed E-state index contributed by atoms with van der Waals surface area (Å²) in [5, 5.41) is 7.69. The Hall–Kier alpha value is -2.50. The van der Waals surface area contributed by atoms with E-state index in [1.54, 1.807) is 12.5 Å². The first-order chi connectivity index (χ1) is 9.78. The van der Waals surface area contributed by atoms with Crippen molar-refractivity contribution >= 4 is 5.69 Å². The minimum absolute atomic E-state index is 0.139. The summed E-state index contributed by atoms with van der Waals surface area (Å²) in [4.78, 5) is 4.41. The van der Waals surface area contributed by atoms with Crippen molar-refractivity contribution in [2.75, 3.05) is 5.32 Å². The number of furan rings is 1. The molecule has 3 aromatic heterocycles. The Morgan fingerprint density at radius 2 is 2.35 bits per heavy atom. The Bertz CT molecular complexity index is 667. The Morgan fingerprint density at radius 1 is 1.45 bits per heavy atom. The molecule has 1 N–H and O–H groups in total. The number of nitrogens with one attached hydrogen (secondary N) is 1. The monoisotopic (exact) mass is 271 g/mol. The molecule has 0 aliphatic rings. The van der Waals surface area contributed by atoms with Crippen LogP contribution in [0, 0.1) is 0 Å². The molecule has 20 heavy (non-hydrogen) atoms. The van der Waals surface area contributed by atoms with E-state index in [2.05, 4.69) is 22.3 Å². The quantitative estimate of drug-likeness (QED) is 0.774. The molecule has 0 amide bonds. The Balaban J connectivity index is 1.92. The maximum Gasteiger partial charge on any atom is 0.143 e. The zero-order valence-electron chi connectivity index (χ0n) is 11.5. The van der Waals surface area contributed by atoms with Crippen molar-refractivity contribution < 1.29 is 4.42 Å². The minimum atomic E-state index is -0.139. The summed E-state index contributed by atoms with van der Waals surface area (Å²) in [7, 11) is 1.97. The van der Waals surface area contributed by atoms with Crippen molar-refractivity contribution in [1.82, 2.24) is 19.3 Å². The lowest BCUT2D eigenvalue weighted by atomic mass is 10.2. The van der Waals surface area contributed by atoms with Crippen LogP contribution in [0.5, 0.6) is 0 Å². The van der Waals surface area contributed by atoms with Gasteiger partial charge in [0.05, 0.1) is 18.1 Å². The topological polar surface area (TPSA) is 60.8 Å². The predicted molar refractivity (Wildman–Crippen MR) is 75.3 cm³/mol. The minimum Gasteiger partial charge on any atom is -0.467 e. The molecule has 104 valence electrons. The van der Waals surface area contributed by atoms with E-state index in [-0.39, 0.29) is 6.04 Å². The van der Waals surface area contributed by atoms with Crippen molar-refractivity contribution in [3.8, 4) is 0 Å². The molecule has 3 aromatic rings. The molecule has 6 nitrogen and oxygen atoms in total. The van der Waals surface area contributed by atoms with Gasteiger partial charge < -0.3 is 14.3 Å². The van der Waals surface area contributed by atoms with Crippen LogP contribution >= 0.6 is 0 Å². The van der Waals surface area contributed by atoms with Crippen LogP contribution in [0.4, 0.5) is 5.69 Å². The van der Waals surface area contributed by atoms with Gasteiger partial charge in [-0.2, -0.15) is 5.10 Å². The number of nitrogens with zero attached hydrogens (tertiary/aromatic N) is 4. The van der Waals surface area contributed by atoms with Gasteiger partial charge >= 0.3 is 0 Å². The summed E-state index contributed by atoms with van der Waals surface area (Å²) < 4.78 is 9.39. The van der Waals surface area contributed by atoms with Gasteiger partial charge in [-0.05, 0) is 19.1 Å². The van der Waals surface area contributed by atoms with Crippen molar-refractivity contribution in [1.29, 1.82) is 0 Å². The molecular weight excluding hydrogens is 254 g/mol. The van der Waals surface area contributed by atoms with Crippen molar-refractivity contribution in [3.63, 3.8) is 0 Å². The van der Waals surface area contributed by atoms with E-state index in [0.29, 0.717) is 0 Å². The highest BCUT2D eigenvalue weighted by molar-refractivity contribution is 5.43. The Morgan fingerprint density at radius 3 is 2.95 bits per heavy atom. The van der Waals surface area contributed by atoms with Crippen LogP contribution in [0.2, 0.25) is 0 Å². The highest BCUT2D eigenvalue weighted by atomic mass is 16.3. The number of aromatic nitrogens is 4. The van der Waals surface area contributed by atoms with E-state index in [0.717, 1.165) is 23.8 Å². The van der Waals surface area contributed by atoms with Gasteiger partial charge in [0.25, 0.3) is 0 Å². The fourth-order valence-corrected chi connectivity index (χ4v) is 2.15. The smallest absolute Gasteiger partial charge is 0.143 e. The van der Waals surface area contributed by atoms with Gasteiger partial charge in [-0.25, -0.2) is 4.98 Å². The maximum absolute atomic E-state index is 5.54. The van der Waals surface area contributed by atoms with Gasteiger partial charge in [0.1, 0.15) is 17.6 Å². The lowest BCUT2D eigenvalue weighted by Crippen LogP contribution is -2.15. The lowest BCUT2D eigenvalue weighted by Gasteiger charge is -2.16. The third-order valence-electron chi connectivity index (χ3n) is 3.21. The fourth-order valence-electron chi connectivity index (χ4n) is 2.15. The van der Waals surface area contributed by atoms with Gasteiger partial charge in [-0.1, -0.05) is 0 Å². The Labute approximate surface area is 117 Å². The molecule has 1 unspecified atom stereocenters. The normalized spacial score (nSPS) is 12.5. The molecule has 0 radical (unpaired) electrons. The van der Waals surface area contributed by atoms with Crippen molar-refractivity contribution in [2.24, 2.45) is 7.05 Å². The van der Waals surface area contributed by atoms with E-state index in [9.17, 15) is 0 Å². The van der Waals surface area contributed by atoms with Gasteiger partial charge in [0.2, 0.25) is 0 Å². The fraction of sp³-hybridized carbons (Fsp3) is 0.286. The van der Waals surface area contributed by atoms with Crippen molar-refractivity contribution in [3.05, 3.63) is 54.8 Å². The second-order valence-corrected chi connectivity index (χ2v) is 4.57. The standard InChI is InChI=1S/C14H17N5O/c1-3-19-10-11(9-16-19)17-13(12-5-4-8-20-12)14-15-6-7-18(14)2/h4-10,13,17H,3H2,1-2H3. The van der Waals surface area contributed by atoms with Crippen LogP contribution in [-0.4, -0.2) is 19.3 Å². The zero-order valence-corrected chi connectivity index (χ0v) is 11.5. The molecule has 0 aliphatic heterocycles. The van der Waals surface area contributed by atoms with Gasteiger partial charge in [-0.15, -0.1) is 0 Å². The van der Waals surface area contributed by atoms with E-state index in [4.69, 9.17) is 4.42 Å². The first-order valence-corrected chi connectivity index (χ1v) is 6.57. The van der Waals surface area contributed by atoms with Crippen LogP contribution in [0.25, 0.3) is 0 Å². The summed E-state index contributed by atoms with van der Waals surface area (Å²) in [6, 6.07) is 3.68. The average molecular weight is 271 g/mol. The third kappa shape index (κ3) is 2.32. The summed E-state index contributed by atoms with van der Waals surface area (Å²) in [6.07, 6.45) is 9.15. The lowest BCUT2D eigenvalue weighted by molar-refractivity contribution is 0.488. The molecule has 3 heterocycles. The predicted octanol–water partition coefficient (Wildman–Crippen LogP) is 2.43. The van der Waals surface area contributed by atoms with Gasteiger partial charge in [0.15, 0.2) is 0 Å². The second-order valence-electron chi connectivity index (χ2n) is 4.57. The summed E-state index contributed by atoms with van der Waals surface area (Å²) in [6.45, 7) is 2.90. The first-order valence-electron chi connectivity index (χ1n) is 6.57. The number of hydrogen-bond acceptors (Lipinski definition) is 4. The largest absolute Gasteiger partial charge is 0.467 e. The average Bonchev–Trinajstić information content (AvgIpc) is 3.18. The molecule has 0 saturated heterocycles. The molecular formula is C14H17N5O. The van der Waals surface area contributed by atoms with Crippen LogP contribution in [0.3, 0.4) is 0 Å². The number of anilines is 1. The number of hydrogen-bond donors (Lipinski definition) is 1. The zero-order chi connectivity index (χ0) is 13.9. The van der Waals surface area contributed by atoms with Gasteiger partial charge in [-0.3, -0.25) is 4.68 Å². The number of rotatable bonds is 5. The molecule has 0 aromatic carbocycles. The van der Waals surface area contributed by atoms with Crippen molar-refractivity contribution in [2.45, 2.75) is 19.5 Å². The molecule has 6 heteroatoms. The number of aryl methyl sites for hydroxylation is 2. The molecule has 0 fully saturated rings. The molecule has 3 rings (SSSR count). The van der Waals surface area contributed by atoms with E-state index >= 15 is 0 Å². The third-order valence-corrected chi connectivity index (χ3v) is 3.21. The molecule has 0 bridgehead atoms. The van der Waals surface area contributed by atoms with E-state index in [1.165, 1.54) is 0 Å². The van der Waals surface area contributed by atoms with Crippen LogP contribution in [0.1, 0.15) is 24.6 Å². The molecule has 1 atom stereocenters. The summed E-state index contributed by atoms with van der Waals surface area (Å²) >= 11 is 0.